The molecule has 2 nitrogen and oxygen atoms in total. The molecule has 2 atom stereocenters. The predicted octanol–water partition coefficient (Wildman–Crippen LogP) is 1.59. The van der Waals surface area contributed by atoms with Gasteiger partial charge in [0.1, 0.15) is 6.29 Å². The van der Waals surface area contributed by atoms with Crippen molar-refractivity contribution in [3.05, 3.63) is 0 Å². The third-order valence-electron chi connectivity index (χ3n) is 3.33. The van der Waals surface area contributed by atoms with Gasteiger partial charge >= 0.3 is 0 Å². The number of carbonyl (C=O) groups excluding carboxylic acids is 1. The summed E-state index contributed by atoms with van der Waals surface area (Å²) in [4.78, 5) is 13.0. The summed E-state index contributed by atoms with van der Waals surface area (Å²) in [7, 11) is 0. The molecule has 2 rings (SSSR count). The zero-order valence-corrected chi connectivity index (χ0v) is 7.54. The lowest BCUT2D eigenvalue weighted by Crippen LogP contribution is -2.42. The molecule has 2 fully saturated rings. The van der Waals surface area contributed by atoms with Gasteiger partial charge in [0.25, 0.3) is 0 Å². The third-order valence-corrected chi connectivity index (χ3v) is 3.33. The maximum absolute atomic E-state index is 10.4. The first kappa shape index (κ1) is 8.24. The molecule has 0 spiro atoms. The lowest BCUT2D eigenvalue weighted by atomic mass is 9.95. The smallest absolute Gasteiger partial charge is 0.121 e. The molecule has 12 heavy (non-hydrogen) atoms. The minimum absolute atomic E-state index is 0.587. The van der Waals surface area contributed by atoms with Crippen molar-refractivity contribution in [2.75, 3.05) is 6.54 Å². The highest BCUT2D eigenvalue weighted by molar-refractivity contribution is 5.50. The summed E-state index contributed by atoms with van der Waals surface area (Å²) in [6.07, 6.45) is 8.52. The molecule has 0 bridgehead atoms. The second-order valence-electron chi connectivity index (χ2n) is 4.02. The number of piperidine rings is 1. The van der Waals surface area contributed by atoms with E-state index in [0.717, 1.165) is 18.7 Å². The highest BCUT2D eigenvalue weighted by Gasteiger charge is 2.33. The third kappa shape index (κ3) is 1.40. The molecule has 0 N–H and O–H groups in total. The highest BCUT2D eigenvalue weighted by atomic mass is 16.1. The standard InChI is InChI=1S/C10H17NO/c12-8-6-10-4-1-3-9-5-2-7-11(9)10/h8-10H,1-7H2. The van der Waals surface area contributed by atoms with E-state index >= 15 is 0 Å². The first-order valence-electron chi connectivity index (χ1n) is 5.11. The Bertz CT molecular complexity index is 169. The van der Waals surface area contributed by atoms with E-state index in [-0.39, 0.29) is 0 Å². The van der Waals surface area contributed by atoms with E-state index in [4.69, 9.17) is 0 Å². The molecule has 2 saturated heterocycles. The summed E-state index contributed by atoms with van der Waals surface area (Å²) >= 11 is 0. The van der Waals surface area contributed by atoms with Gasteiger partial charge in [0.05, 0.1) is 0 Å². The van der Waals surface area contributed by atoms with E-state index in [1.807, 2.05) is 0 Å². The van der Waals surface area contributed by atoms with Crippen LogP contribution in [0.1, 0.15) is 38.5 Å². The fourth-order valence-corrected chi connectivity index (χ4v) is 2.77. The molecule has 0 amide bonds. The van der Waals surface area contributed by atoms with Crippen LogP contribution in [-0.4, -0.2) is 29.8 Å². The maximum Gasteiger partial charge on any atom is 0.121 e. The molecule has 2 heteroatoms. The fraction of sp³-hybridized carbons (Fsp3) is 0.900. The minimum Gasteiger partial charge on any atom is -0.303 e. The van der Waals surface area contributed by atoms with E-state index in [2.05, 4.69) is 4.90 Å². The second kappa shape index (κ2) is 3.56. The average Bonchev–Trinajstić information content (AvgIpc) is 2.53. The van der Waals surface area contributed by atoms with Crippen LogP contribution in [0.2, 0.25) is 0 Å². The molecule has 2 aliphatic heterocycles. The Balaban J connectivity index is 1.98. The fourth-order valence-electron chi connectivity index (χ4n) is 2.77. The Hall–Kier alpha value is -0.370. The minimum atomic E-state index is 0.587. The zero-order chi connectivity index (χ0) is 8.39. The normalized spacial score (nSPS) is 36.3. The van der Waals surface area contributed by atoms with E-state index < -0.39 is 0 Å². The van der Waals surface area contributed by atoms with Crippen LogP contribution < -0.4 is 0 Å². The van der Waals surface area contributed by atoms with E-state index in [9.17, 15) is 4.79 Å². The maximum atomic E-state index is 10.4. The topological polar surface area (TPSA) is 20.3 Å². The second-order valence-corrected chi connectivity index (χ2v) is 4.02. The van der Waals surface area contributed by atoms with E-state index in [1.165, 1.54) is 38.6 Å². The van der Waals surface area contributed by atoms with Crippen LogP contribution in [0.15, 0.2) is 0 Å². The van der Waals surface area contributed by atoms with Gasteiger partial charge in [0, 0.05) is 18.5 Å². The molecular weight excluding hydrogens is 150 g/mol. The Morgan fingerprint density at radius 3 is 2.92 bits per heavy atom. The average molecular weight is 167 g/mol. The van der Waals surface area contributed by atoms with Crippen molar-refractivity contribution in [1.82, 2.24) is 4.90 Å². The summed E-state index contributed by atoms with van der Waals surface area (Å²) in [6, 6.07) is 1.41. The van der Waals surface area contributed by atoms with Gasteiger partial charge in [-0.1, -0.05) is 6.42 Å². The Morgan fingerprint density at radius 1 is 1.25 bits per heavy atom. The molecule has 2 unspecified atom stereocenters. The SMILES string of the molecule is O=CCC1CCCC2CCCN12. The largest absolute Gasteiger partial charge is 0.303 e. The van der Waals surface area contributed by atoms with Gasteiger partial charge in [-0.2, -0.15) is 0 Å². The summed E-state index contributed by atoms with van der Waals surface area (Å²) in [5.74, 6) is 0. The molecule has 0 radical (unpaired) electrons. The van der Waals surface area contributed by atoms with Crippen molar-refractivity contribution in [2.24, 2.45) is 0 Å². The Labute approximate surface area is 73.9 Å². The van der Waals surface area contributed by atoms with Crippen LogP contribution in [0.25, 0.3) is 0 Å². The summed E-state index contributed by atoms with van der Waals surface area (Å²) in [6.45, 7) is 1.24. The van der Waals surface area contributed by atoms with Gasteiger partial charge in [0.15, 0.2) is 0 Å². The molecule has 0 aromatic heterocycles. The van der Waals surface area contributed by atoms with Crippen LogP contribution in [0.4, 0.5) is 0 Å². The van der Waals surface area contributed by atoms with Crippen LogP contribution in [0.5, 0.6) is 0 Å². The summed E-state index contributed by atoms with van der Waals surface area (Å²) in [5.41, 5.74) is 0. The van der Waals surface area contributed by atoms with Crippen molar-refractivity contribution in [3.8, 4) is 0 Å². The number of aldehydes is 1. The first-order chi connectivity index (χ1) is 5.92. The summed E-state index contributed by atoms with van der Waals surface area (Å²) < 4.78 is 0. The van der Waals surface area contributed by atoms with Crippen molar-refractivity contribution >= 4 is 6.29 Å². The number of hydrogen-bond acceptors (Lipinski definition) is 2. The van der Waals surface area contributed by atoms with Gasteiger partial charge < -0.3 is 4.79 Å². The van der Waals surface area contributed by atoms with Gasteiger partial charge in [-0.25, -0.2) is 0 Å². The molecule has 2 heterocycles. The number of rotatable bonds is 2. The van der Waals surface area contributed by atoms with E-state index in [1.54, 1.807) is 0 Å². The van der Waals surface area contributed by atoms with Gasteiger partial charge in [-0.05, 0) is 32.2 Å². The summed E-state index contributed by atoms with van der Waals surface area (Å²) in [5, 5.41) is 0. The molecule has 0 aliphatic carbocycles. The Morgan fingerprint density at radius 2 is 2.08 bits per heavy atom. The van der Waals surface area contributed by atoms with Crippen molar-refractivity contribution in [1.29, 1.82) is 0 Å². The van der Waals surface area contributed by atoms with Crippen molar-refractivity contribution in [3.63, 3.8) is 0 Å². The van der Waals surface area contributed by atoms with Crippen LogP contribution in [0, 0.1) is 0 Å². The van der Waals surface area contributed by atoms with Gasteiger partial charge in [-0.15, -0.1) is 0 Å². The van der Waals surface area contributed by atoms with E-state index in [0.29, 0.717) is 6.04 Å². The lowest BCUT2D eigenvalue weighted by Gasteiger charge is -2.36. The number of hydrogen-bond donors (Lipinski definition) is 0. The Kier molecular flexibility index (Phi) is 2.45. The molecule has 2 aliphatic rings. The quantitative estimate of drug-likeness (QED) is 0.582. The number of nitrogens with zero attached hydrogens (tertiary/aromatic N) is 1. The van der Waals surface area contributed by atoms with Crippen molar-refractivity contribution in [2.45, 2.75) is 50.6 Å². The van der Waals surface area contributed by atoms with Gasteiger partial charge in [0.2, 0.25) is 0 Å². The molecule has 0 aromatic carbocycles. The molecule has 68 valence electrons. The van der Waals surface area contributed by atoms with Crippen LogP contribution >= 0.6 is 0 Å². The zero-order valence-electron chi connectivity index (χ0n) is 7.54. The van der Waals surface area contributed by atoms with Crippen LogP contribution in [0.3, 0.4) is 0 Å². The predicted molar refractivity (Wildman–Crippen MR) is 48.0 cm³/mol. The number of fused-ring (bicyclic) bond motifs is 1. The lowest BCUT2D eigenvalue weighted by molar-refractivity contribution is -0.109. The van der Waals surface area contributed by atoms with Gasteiger partial charge in [-0.3, -0.25) is 4.90 Å². The molecular formula is C10H17NO. The molecule has 0 saturated carbocycles. The molecule has 0 aromatic rings. The number of carbonyl (C=O) groups is 1. The first-order valence-corrected chi connectivity index (χ1v) is 5.11. The van der Waals surface area contributed by atoms with Crippen molar-refractivity contribution < 1.29 is 4.79 Å². The van der Waals surface area contributed by atoms with Crippen LogP contribution in [-0.2, 0) is 4.79 Å². The highest BCUT2D eigenvalue weighted by Crippen LogP contribution is 2.31. The monoisotopic (exact) mass is 167 g/mol.